The predicted molar refractivity (Wildman–Crippen MR) is 78.0 cm³/mol. The summed E-state index contributed by atoms with van der Waals surface area (Å²) in [5, 5.41) is 13.7. The number of hydrogen-bond donors (Lipinski definition) is 1. The van der Waals surface area contributed by atoms with E-state index in [0.717, 1.165) is 17.7 Å². The van der Waals surface area contributed by atoms with Gasteiger partial charge in [0, 0.05) is 5.92 Å². The Labute approximate surface area is 128 Å². The average Bonchev–Trinajstić information content (AvgIpc) is 3.07. The van der Waals surface area contributed by atoms with E-state index in [2.05, 4.69) is 15.1 Å². The second-order valence-corrected chi connectivity index (χ2v) is 6.61. The zero-order valence-corrected chi connectivity index (χ0v) is 12.2. The van der Waals surface area contributed by atoms with E-state index in [1.54, 1.807) is 6.07 Å². The zero-order chi connectivity index (χ0) is 14.6. The molecule has 1 saturated carbocycles. The fourth-order valence-electron chi connectivity index (χ4n) is 2.13. The SMILES string of the molecule is O=C(O)c1cc(-c2ccc(Cl)s2)nc2nc(C3CC3)nn12. The van der Waals surface area contributed by atoms with Crippen molar-refractivity contribution >= 4 is 34.7 Å². The van der Waals surface area contributed by atoms with Crippen LogP contribution in [0.25, 0.3) is 16.3 Å². The number of carboxylic acids is 1. The average molecular weight is 321 g/mol. The van der Waals surface area contributed by atoms with Crippen molar-refractivity contribution in [1.29, 1.82) is 0 Å². The third kappa shape index (κ3) is 2.18. The van der Waals surface area contributed by atoms with Crippen molar-refractivity contribution in [2.45, 2.75) is 18.8 Å². The van der Waals surface area contributed by atoms with Crippen molar-refractivity contribution in [1.82, 2.24) is 19.6 Å². The van der Waals surface area contributed by atoms with E-state index in [1.165, 1.54) is 21.9 Å². The van der Waals surface area contributed by atoms with Gasteiger partial charge in [0.15, 0.2) is 11.5 Å². The number of halogens is 1. The van der Waals surface area contributed by atoms with Crippen LogP contribution < -0.4 is 0 Å². The topological polar surface area (TPSA) is 80.4 Å². The van der Waals surface area contributed by atoms with Crippen LogP contribution in [0.2, 0.25) is 4.34 Å². The highest BCUT2D eigenvalue weighted by molar-refractivity contribution is 7.19. The molecule has 3 aromatic heterocycles. The van der Waals surface area contributed by atoms with Gasteiger partial charge in [0.05, 0.1) is 14.9 Å². The Bertz CT molecular complexity index is 868. The Kier molecular flexibility index (Phi) is 2.73. The first-order valence-corrected chi connectivity index (χ1v) is 7.58. The smallest absolute Gasteiger partial charge is 0.354 e. The molecule has 0 amide bonds. The molecule has 0 bridgehead atoms. The molecular formula is C13H9ClN4O2S. The van der Waals surface area contributed by atoms with Gasteiger partial charge in [-0.3, -0.25) is 0 Å². The highest BCUT2D eigenvalue weighted by Crippen LogP contribution is 2.38. The molecule has 1 aliphatic rings. The number of carbonyl (C=O) groups is 1. The molecule has 0 unspecified atom stereocenters. The van der Waals surface area contributed by atoms with Crippen molar-refractivity contribution in [2.75, 3.05) is 0 Å². The molecule has 0 aliphatic heterocycles. The van der Waals surface area contributed by atoms with Crippen LogP contribution in [-0.2, 0) is 0 Å². The Balaban J connectivity index is 1.94. The molecular weight excluding hydrogens is 312 g/mol. The maximum atomic E-state index is 11.5. The van der Waals surface area contributed by atoms with Gasteiger partial charge in [0.25, 0.3) is 5.78 Å². The van der Waals surface area contributed by atoms with E-state index in [1.807, 2.05) is 6.07 Å². The summed E-state index contributed by atoms with van der Waals surface area (Å²) < 4.78 is 1.93. The Morgan fingerprint density at radius 2 is 2.19 bits per heavy atom. The molecule has 3 heterocycles. The fourth-order valence-corrected chi connectivity index (χ4v) is 3.13. The lowest BCUT2D eigenvalue weighted by atomic mass is 10.3. The summed E-state index contributed by atoms with van der Waals surface area (Å²) >= 11 is 7.27. The van der Waals surface area contributed by atoms with Crippen LogP contribution in [0.1, 0.15) is 35.1 Å². The number of aromatic nitrogens is 4. The molecule has 4 rings (SSSR count). The number of carboxylic acid groups (broad SMARTS) is 1. The number of aromatic carboxylic acids is 1. The van der Waals surface area contributed by atoms with E-state index in [4.69, 9.17) is 11.6 Å². The Hall–Kier alpha value is -1.99. The first-order chi connectivity index (χ1) is 10.1. The maximum absolute atomic E-state index is 11.5. The first kappa shape index (κ1) is 12.7. The molecule has 1 fully saturated rings. The first-order valence-electron chi connectivity index (χ1n) is 6.38. The lowest BCUT2D eigenvalue weighted by Gasteiger charge is -2.01. The second kappa shape index (κ2) is 4.51. The molecule has 0 spiro atoms. The molecule has 0 atom stereocenters. The van der Waals surface area contributed by atoms with Crippen molar-refractivity contribution in [3.05, 3.63) is 34.1 Å². The van der Waals surface area contributed by atoms with Crippen LogP contribution in [0.4, 0.5) is 0 Å². The van der Waals surface area contributed by atoms with Crippen molar-refractivity contribution in [2.24, 2.45) is 0 Å². The molecule has 1 N–H and O–H groups in total. The minimum atomic E-state index is -1.06. The number of nitrogens with zero attached hydrogens (tertiary/aromatic N) is 4. The Morgan fingerprint density at radius 3 is 2.81 bits per heavy atom. The molecule has 1 aliphatic carbocycles. The minimum Gasteiger partial charge on any atom is -0.477 e. The van der Waals surface area contributed by atoms with Crippen molar-refractivity contribution < 1.29 is 9.90 Å². The number of rotatable bonds is 3. The van der Waals surface area contributed by atoms with Crippen molar-refractivity contribution in [3.63, 3.8) is 0 Å². The monoisotopic (exact) mass is 320 g/mol. The zero-order valence-electron chi connectivity index (χ0n) is 10.7. The van der Waals surface area contributed by atoms with Crippen LogP contribution in [-0.4, -0.2) is 30.7 Å². The van der Waals surface area contributed by atoms with Crippen LogP contribution >= 0.6 is 22.9 Å². The van der Waals surface area contributed by atoms with Crippen LogP contribution in [0.15, 0.2) is 18.2 Å². The number of fused-ring (bicyclic) bond motifs is 1. The van der Waals surface area contributed by atoms with E-state index < -0.39 is 5.97 Å². The van der Waals surface area contributed by atoms with Gasteiger partial charge in [-0.25, -0.2) is 9.78 Å². The lowest BCUT2D eigenvalue weighted by molar-refractivity contribution is 0.0687. The molecule has 0 saturated heterocycles. The summed E-state index contributed by atoms with van der Waals surface area (Å²) in [6.45, 7) is 0. The fraction of sp³-hybridized carbons (Fsp3) is 0.231. The maximum Gasteiger partial charge on any atom is 0.354 e. The molecule has 3 aromatic rings. The van der Waals surface area contributed by atoms with Gasteiger partial charge in [-0.2, -0.15) is 9.50 Å². The van der Waals surface area contributed by atoms with Crippen LogP contribution in [0.5, 0.6) is 0 Å². The molecule has 8 heteroatoms. The van der Waals surface area contributed by atoms with E-state index in [0.29, 0.717) is 27.6 Å². The lowest BCUT2D eigenvalue weighted by Crippen LogP contribution is -2.08. The molecule has 6 nitrogen and oxygen atoms in total. The van der Waals surface area contributed by atoms with E-state index in [-0.39, 0.29) is 5.69 Å². The molecule has 0 radical (unpaired) electrons. The summed E-state index contributed by atoms with van der Waals surface area (Å²) in [6.07, 6.45) is 2.10. The van der Waals surface area contributed by atoms with E-state index in [9.17, 15) is 9.90 Å². The van der Waals surface area contributed by atoms with Gasteiger partial charge in [-0.15, -0.1) is 16.4 Å². The molecule has 106 valence electrons. The summed E-state index contributed by atoms with van der Waals surface area (Å²) in [5.41, 5.74) is 0.602. The van der Waals surface area contributed by atoms with Gasteiger partial charge in [-0.05, 0) is 31.0 Å². The summed E-state index contributed by atoms with van der Waals surface area (Å²) in [5.74, 6) is 0.272. The summed E-state index contributed by atoms with van der Waals surface area (Å²) in [4.78, 5) is 21.0. The number of hydrogen-bond acceptors (Lipinski definition) is 5. The Morgan fingerprint density at radius 1 is 1.38 bits per heavy atom. The van der Waals surface area contributed by atoms with Gasteiger partial charge in [0.2, 0.25) is 0 Å². The highest BCUT2D eigenvalue weighted by Gasteiger charge is 2.29. The molecule has 21 heavy (non-hydrogen) atoms. The largest absolute Gasteiger partial charge is 0.477 e. The molecule has 0 aromatic carbocycles. The minimum absolute atomic E-state index is 0.0546. The second-order valence-electron chi connectivity index (χ2n) is 4.89. The van der Waals surface area contributed by atoms with Gasteiger partial charge in [0.1, 0.15) is 0 Å². The van der Waals surface area contributed by atoms with Gasteiger partial charge >= 0.3 is 5.97 Å². The van der Waals surface area contributed by atoms with Gasteiger partial charge < -0.3 is 5.11 Å². The van der Waals surface area contributed by atoms with E-state index >= 15 is 0 Å². The third-order valence-electron chi connectivity index (χ3n) is 3.32. The quantitative estimate of drug-likeness (QED) is 0.802. The highest BCUT2D eigenvalue weighted by atomic mass is 35.5. The van der Waals surface area contributed by atoms with Crippen LogP contribution in [0, 0.1) is 0 Å². The normalized spacial score (nSPS) is 14.7. The van der Waals surface area contributed by atoms with Crippen LogP contribution in [0.3, 0.4) is 0 Å². The van der Waals surface area contributed by atoms with Gasteiger partial charge in [-0.1, -0.05) is 11.6 Å². The standard InChI is InChI=1S/C13H9ClN4O2S/c14-10-4-3-9(21-10)7-5-8(12(19)20)18-13(15-7)16-11(17-18)6-1-2-6/h3-6H,1-2H2,(H,19,20). The summed E-state index contributed by atoms with van der Waals surface area (Å²) in [7, 11) is 0. The summed E-state index contributed by atoms with van der Waals surface area (Å²) in [6, 6.07) is 5.08. The number of thiophene rings is 1. The predicted octanol–water partition coefficient (Wildman–Crippen LogP) is 3.08. The third-order valence-corrected chi connectivity index (χ3v) is 4.57. The van der Waals surface area contributed by atoms with Crippen molar-refractivity contribution in [3.8, 4) is 10.6 Å².